The Kier molecular flexibility index (Phi) is 3.67. The zero-order valence-electron chi connectivity index (χ0n) is 10.5. The van der Waals surface area contributed by atoms with Gasteiger partial charge in [0.2, 0.25) is 0 Å². The van der Waals surface area contributed by atoms with Crippen molar-refractivity contribution in [3.05, 3.63) is 21.9 Å². The lowest BCUT2D eigenvalue weighted by Crippen LogP contribution is -2.32. The molecule has 3 heteroatoms. The highest BCUT2D eigenvalue weighted by atomic mass is 32.1. The predicted octanol–water partition coefficient (Wildman–Crippen LogP) is 2.33. The molecule has 1 aromatic rings. The van der Waals surface area contributed by atoms with E-state index in [1.807, 2.05) is 11.3 Å². The number of rotatable bonds is 4. The summed E-state index contributed by atoms with van der Waals surface area (Å²) in [4.78, 5) is 1.53. The van der Waals surface area contributed by atoms with E-state index in [-0.39, 0.29) is 0 Å². The van der Waals surface area contributed by atoms with Crippen molar-refractivity contribution in [2.24, 2.45) is 0 Å². The first-order valence-electron chi connectivity index (χ1n) is 6.08. The van der Waals surface area contributed by atoms with E-state index in [0.717, 1.165) is 13.1 Å². The molecule has 2 rings (SSSR count). The van der Waals surface area contributed by atoms with Gasteiger partial charge in [0, 0.05) is 29.5 Å². The van der Waals surface area contributed by atoms with Crippen LogP contribution < -0.4 is 10.6 Å². The Morgan fingerprint density at radius 3 is 2.94 bits per heavy atom. The summed E-state index contributed by atoms with van der Waals surface area (Å²) in [5, 5.41) is 9.37. The fraction of sp³-hybridized carbons (Fsp3) is 0.692. The second-order valence-corrected chi connectivity index (χ2v) is 6.40. The Morgan fingerprint density at radius 2 is 2.38 bits per heavy atom. The molecule has 1 unspecified atom stereocenters. The van der Waals surface area contributed by atoms with E-state index in [2.05, 4.69) is 42.9 Å². The van der Waals surface area contributed by atoms with Gasteiger partial charge in [0.25, 0.3) is 0 Å². The molecule has 1 aromatic heterocycles. The second-order valence-electron chi connectivity index (χ2n) is 5.40. The van der Waals surface area contributed by atoms with E-state index in [4.69, 9.17) is 0 Å². The van der Waals surface area contributed by atoms with Crippen LogP contribution in [-0.4, -0.2) is 24.7 Å². The molecule has 1 fully saturated rings. The van der Waals surface area contributed by atoms with Gasteiger partial charge in [0.1, 0.15) is 0 Å². The summed E-state index contributed by atoms with van der Waals surface area (Å²) >= 11 is 1.88. The summed E-state index contributed by atoms with van der Waals surface area (Å²) in [7, 11) is 0. The van der Waals surface area contributed by atoms with Gasteiger partial charge in [-0.25, -0.2) is 0 Å². The minimum atomic E-state index is 0.316. The monoisotopic (exact) mass is 238 g/mol. The molecule has 1 aliphatic rings. The fourth-order valence-electron chi connectivity index (χ4n) is 2.35. The fourth-order valence-corrected chi connectivity index (χ4v) is 3.26. The highest BCUT2D eigenvalue weighted by Crippen LogP contribution is 2.18. The van der Waals surface area contributed by atoms with Crippen LogP contribution >= 0.6 is 11.3 Å². The smallest absolute Gasteiger partial charge is 0.0210 e. The van der Waals surface area contributed by atoms with Crippen molar-refractivity contribution in [2.45, 2.75) is 45.2 Å². The predicted molar refractivity (Wildman–Crippen MR) is 71.2 cm³/mol. The highest BCUT2D eigenvalue weighted by Gasteiger charge is 2.29. The van der Waals surface area contributed by atoms with Crippen molar-refractivity contribution in [2.75, 3.05) is 13.1 Å². The molecule has 0 radical (unpaired) electrons. The number of nitrogens with one attached hydrogen (secondary N) is 2. The largest absolute Gasteiger partial charge is 0.312 e. The number of aryl methyl sites for hydroxylation is 1. The van der Waals surface area contributed by atoms with Crippen LogP contribution in [0.2, 0.25) is 0 Å². The third-order valence-electron chi connectivity index (χ3n) is 3.34. The molecule has 0 bridgehead atoms. The van der Waals surface area contributed by atoms with Gasteiger partial charge in [-0.15, -0.1) is 11.3 Å². The lowest BCUT2D eigenvalue weighted by molar-refractivity contribution is 0.443. The Bertz CT molecular complexity index is 343. The van der Waals surface area contributed by atoms with Crippen molar-refractivity contribution in [3.63, 3.8) is 0 Å². The van der Waals surface area contributed by atoms with Crippen LogP contribution in [0.5, 0.6) is 0 Å². The molecule has 0 saturated carbocycles. The molecule has 0 aliphatic carbocycles. The summed E-state index contributed by atoms with van der Waals surface area (Å²) in [6.07, 6.45) is 2.40. The molecule has 0 aromatic carbocycles. The van der Waals surface area contributed by atoms with E-state index < -0.39 is 0 Å². The van der Waals surface area contributed by atoms with E-state index in [9.17, 15) is 0 Å². The van der Waals surface area contributed by atoms with Crippen LogP contribution in [-0.2, 0) is 6.42 Å². The molecular formula is C13H22N2S. The SMILES string of the molecule is Cc1ccsc1CCNC1CNC(C)(C)C1. The summed E-state index contributed by atoms with van der Waals surface area (Å²) in [5.74, 6) is 0. The molecule has 16 heavy (non-hydrogen) atoms. The first kappa shape index (κ1) is 12.1. The van der Waals surface area contributed by atoms with Crippen LogP contribution in [0.1, 0.15) is 30.7 Å². The standard InChI is InChI=1S/C13H22N2S/c1-10-5-7-16-12(10)4-6-14-11-8-13(2,3)15-9-11/h5,7,11,14-15H,4,6,8-9H2,1-3H3. The molecule has 2 heterocycles. The number of thiophene rings is 1. The van der Waals surface area contributed by atoms with E-state index >= 15 is 0 Å². The summed E-state index contributed by atoms with van der Waals surface area (Å²) in [6.45, 7) is 8.96. The number of hydrogen-bond donors (Lipinski definition) is 2. The van der Waals surface area contributed by atoms with Crippen molar-refractivity contribution in [3.8, 4) is 0 Å². The van der Waals surface area contributed by atoms with Gasteiger partial charge in [0.15, 0.2) is 0 Å². The molecule has 1 atom stereocenters. The Morgan fingerprint density at radius 1 is 1.56 bits per heavy atom. The average Bonchev–Trinajstić information content (AvgIpc) is 2.74. The lowest BCUT2D eigenvalue weighted by Gasteiger charge is -2.17. The van der Waals surface area contributed by atoms with Gasteiger partial charge in [-0.3, -0.25) is 0 Å². The van der Waals surface area contributed by atoms with Gasteiger partial charge in [0.05, 0.1) is 0 Å². The van der Waals surface area contributed by atoms with Crippen molar-refractivity contribution in [1.82, 2.24) is 10.6 Å². The molecule has 90 valence electrons. The first-order valence-corrected chi connectivity index (χ1v) is 6.96. The normalized spacial score (nSPS) is 23.8. The van der Waals surface area contributed by atoms with Gasteiger partial charge in [-0.05, 0) is 50.6 Å². The van der Waals surface area contributed by atoms with E-state index in [1.165, 1.54) is 23.3 Å². The maximum Gasteiger partial charge on any atom is 0.0210 e. The van der Waals surface area contributed by atoms with Gasteiger partial charge < -0.3 is 10.6 Å². The topological polar surface area (TPSA) is 24.1 Å². The van der Waals surface area contributed by atoms with Crippen molar-refractivity contribution < 1.29 is 0 Å². The molecule has 1 aliphatic heterocycles. The van der Waals surface area contributed by atoms with Crippen LogP contribution in [0.25, 0.3) is 0 Å². The summed E-state index contributed by atoms with van der Waals surface area (Å²) < 4.78 is 0. The molecule has 0 spiro atoms. The third kappa shape index (κ3) is 3.06. The average molecular weight is 238 g/mol. The Labute approximate surface area is 102 Å². The zero-order chi connectivity index (χ0) is 11.6. The number of hydrogen-bond acceptors (Lipinski definition) is 3. The molecule has 2 nitrogen and oxygen atoms in total. The van der Waals surface area contributed by atoms with E-state index in [1.54, 1.807) is 0 Å². The van der Waals surface area contributed by atoms with Crippen LogP contribution in [0, 0.1) is 6.92 Å². The molecular weight excluding hydrogens is 216 g/mol. The van der Waals surface area contributed by atoms with Crippen LogP contribution in [0.3, 0.4) is 0 Å². The second kappa shape index (κ2) is 4.86. The molecule has 1 saturated heterocycles. The molecule has 0 amide bonds. The molecule has 2 N–H and O–H groups in total. The van der Waals surface area contributed by atoms with Crippen LogP contribution in [0.4, 0.5) is 0 Å². The quantitative estimate of drug-likeness (QED) is 0.841. The van der Waals surface area contributed by atoms with E-state index in [0.29, 0.717) is 11.6 Å². The summed E-state index contributed by atoms with van der Waals surface area (Å²) in [5.41, 5.74) is 1.76. The highest BCUT2D eigenvalue weighted by molar-refractivity contribution is 7.10. The van der Waals surface area contributed by atoms with Crippen molar-refractivity contribution in [1.29, 1.82) is 0 Å². The first-order chi connectivity index (χ1) is 7.57. The van der Waals surface area contributed by atoms with Gasteiger partial charge in [-0.2, -0.15) is 0 Å². The summed E-state index contributed by atoms with van der Waals surface area (Å²) in [6, 6.07) is 2.86. The Hall–Kier alpha value is -0.380. The lowest BCUT2D eigenvalue weighted by atomic mass is 10.0. The van der Waals surface area contributed by atoms with Gasteiger partial charge in [-0.1, -0.05) is 0 Å². The Balaban J connectivity index is 1.71. The zero-order valence-corrected chi connectivity index (χ0v) is 11.3. The van der Waals surface area contributed by atoms with Gasteiger partial charge >= 0.3 is 0 Å². The van der Waals surface area contributed by atoms with Crippen LogP contribution in [0.15, 0.2) is 11.4 Å². The van der Waals surface area contributed by atoms with Crippen molar-refractivity contribution >= 4 is 11.3 Å². The minimum absolute atomic E-state index is 0.316. The minimum Gasteiger partial charge on any atom is -0.312 e. The maximum atomic E-state index is 3.65. The third-order valence-corrected chi connectivity index (χ3v) is 4.42. The maximum absolute atomic E-state index is 3.65.